The van der Waals surface area contributed by atoms with Crippen molar-refractivity contribution in [2.24, 2.45) is 5.92 Å². The van der Waals surface area contributed by atoms with Gasteiger partial charge in [-0.15, -0.1) is 0 Å². The van der Waals surface area contributed by atoms with Gasteiger partial charge in [0.25, 0.3) is 5.19 Å². The van der Waals surface area contributed by atoms with Crippen molar-refractivity contribution < 1.29 is 27.2 Å². The Bertz CT molecular complexity index is 930. The van der Waals surface area contributed by atoms with Gasteiger partial charge in [-0.25, -0.2) is 4.98 Å². The van der Waals surface area contributed by atoms with Crippen molar-refractivity contribution >= 4 is 17.2 Å². The van der Waals surface area contributed by atoms with E-state index >= 15 is 0 Å². The zero-order valence-corrected chi connectivity index (χ0v) is 20.0. The SMILES string of the molecule is Cc1nc(CC(=O)N[C@H]2CC[C@H](CCN3CCc4nc(OCC(F)(F)F)sc4CC3)CC2)no1. The van der Waals surface area contributed by atoms with Gasteiger partial charge in [0.05, 0.1) is 12.1 Å². The molecule has 0 aromatic carbocycles. The molecule has 34 heavy (non-hydrogen) atoms. The fourth-order valence-corrected chi connectivity index (χ4v) is 5.55. The van der Waals surface area contributed by atoms with Crippen molar-refractivity contribution in [1.82, 2.24) is 25.3 Å². The smallest absolute Gasteiger partial charge is 0.422 e. The van der Waals surface area contributed by atoms with Gasteiger partial charge in [0.1, 0.15) is 0 Å². The van der Waals surface area contributed by atoms with E-state index in [0.717, 1.165) is 75.2 Å². The van der Waals surface area contributed by atoms with E-state index in [1.54, 1.807) is 6.92 Å². The number of alkyl halides is 3. The number of aromatic nitrogens is 3. The Hall–Kier alpha value is -2.21. The molecule has 1 fully saturated rings. The lowest BCUT2D eigenvalue weighted by atomic mass is 9.84. The molecule has 12 heteroatoms. The Kier molecular flexibility index (Phi) is 8.07. The zero-order valence-electron chi connectivity index (χ0n) is 19.2. The second-order valence-electron chi connectivity index (χ2n) is 9.08. The van der Waals surface area contributed by atoms with Gasteiger partial charge in [-0.1, -0.05) is 16.5 Å². The summed E-state index contributed by atoms with van der Waals surface area (Å²) in [5.74, 6) is 1.45. The number of nitrogens with one attached hydrogen (secondary N) is 1. The molecule has 0 bridgehead atoms. The molecule has 1 aliphatic carbocycles. The molecule has 3 heterocycles. The van der Waals surface area contributed by atoms with E-state index in [1.165, 1.54) is 11.3 Å². The minimum atomic E-state index is -4.35. The molecule has 2 aromatic rings. The van der Waals surface area contributed by atoms with Gasteiger partial charge in [-0.2, -0.15) is 18.2 Å². The van der Waals surface area contributed by atoms with Gasteiger partial charge in [0.2, 0.25) is 11.8 Å². The first-order valence-electron chi connectivity index (χ1n) is 11.7. The fraction of sp³-hybridized carbons (Fsp3) is 0.727. The van der Waals surface area contributed by atoms with E-state index in [1.807, 2.05) is 0 Å². The molecular formula is C22H30F3N5O3S. The first-order chi connectivity index (χ1) is 16.2. The normalized spacial score (nSPS) is 21.6. The number of amides is 1. The average molecular weight is 502 g/mol. The largest absolute Gasteiger partial charge is 0.460 e. The van der Waals surface area contributed by atoms with Crippen molar-refractivity contribution in [3.8, 4) is 5.19 Å². The number of nitrogens with zero attached hydrogens (tertiary/aromatic N) is 4. The van der Waals surface area contributed by atoms with Crippen LogP contribution in [0.3, 0.4) is 0 Å². The first kappa shape index (κ1) is 24.9. The van der Waals surface area contributed by atoms with Crippen molar-refractivity contribution in [2.45, 2.75) is 70.5 Å². The Balaban J connectivity index is 1.13. The molecule has 1 N–H and O–H groups in total. The number of hydrogen-bond acceptors (Lipinski definition) is 8. The Morgan fingerprint density at radius 2 is 1.97 bits per heavy atom. The summed E-state index contributed by atoms with van der Waals surface area (Å²) in [5, 5.41) is 6.97. The summed E-state index contributed by atoms with van der Waals surface area (Å²) >= 11 is 1.24. The third-order valence-electron chi connectivity index (χ3n) is 6.39. The van der Waals surface area contributed by atoms with E-state index in [9.17, 15) is 18.0 Å². The number of carbonyl (C=O) groups excluding carboxylic acids is 1. The van der Waals surface area contributed by atoms with Crippen LogP contribution in [-0.4, -0.2) is 64.4 Å². The molecule has 1 aliphatic heterocycles. The number of rotatable bonds is 8. The van der Waals surface area contributed by atoms with Gasteiger partial charge in [0, 0.05) is 37.4 Å². The molecule has 188 valence electrons. The highest BCUT2D eigenvalue weighted by Gasteiger charge is 2.30. The number of ether oxygens (including phenoxy) is 1. The maximum atomic E-state index is 12.4. The van der Waals surface area contributed by atoms with E-state index in [4.69, 9.17) is 9.26 Å². The maximum absolute atomic E-state index is 12.4. The minimum absolute atomic E-state index is 0.0677. The van der Waals surface area contributed by atoms with Crippen LogP contribution in [0.2, 0.25) is 0 Å². The van der Waals surface area contributed by atoms with E-state index in [-0.39, 0.29) is 23.6 Å². The summed E-state index contributed by atoms with van der Waals surface area (Å²) in [5.41, 5.74) is 0.872. The summed E-state index contributed by atoms with van der Waals surface area (Å²) in [6, 6.07) is 0.200. The van der Waals surface area contributed by atoms with Gasteiger partial charge in [-0.3, -0.25) is 4.79 Å². The molecule has 0 saturated heterocycles. The van der Waals surface area contributed by atoms with Crippen LogP contribution in [-0.2, 0) is 24.1 Å². The predicted molar refractivity (Wildman–Crippen MR) is 119 cm³/mol. The highest BCUT2D eigenvalue weighted by atomic mass is 32.1. The van der Waals surface area contributed by atoms with E-state index < -0.39 is 12.8 Å². The van der Waals surface area contributed by atoms with Crippen molar-refractivity contribution in [1.29, 1.82) is 0 Å². The van der Waals surface area contributed by atoms with Gasteiger partial charge >= 0.3 is 6.18 Å². The third kappa shape index (κ3) is 7.39. The Morgan fingerprint density at radius 3 is 2.68 bits per heavy atom. The van der Waals surface area contributed by atoms with Crippen LogP contribution in [0.1, 0.15) is 54.4 Å². The first-order valence-corrected chi connectivity index (χ1v) is 12.5. The summed E-state index contributed by atoms with van der Waals surface area (Å²) in [4.78, 5) is 24.0. The number of hydrogen-bond donors (Lipinski definition) is 1. The molecule has 0 radical (unpaired) electrons. The number of fused-ring (bicyclic) bond motifs is 1. The lowest BCUT2D eigenvalue weighted by Crippen LogP contribution is -2.39. The lowest BCUT2D eigenvalue weighted by Gasteiger charge is -2.30. The Labute approximate surface area is 200 Å². The monoisotopic (exact) mass is 501 g/mol. The summed E-state index contributed by atoms with van der Waals surface area (Å²) in [6.07, 6.45) is 2.57. The number of halogens is 3. The summed E-state index contributed by atoms with van der Waals surface area (Å²) in [6.45, 7) is 3.15. The van der Waals surface area contributed by atoms with Gasteiger partial charge in [-0.05, 0) is 51.0 Å². The minimum Gasteiger partial charge on any atom is -0.460 e. The molecule has 0 spiro atoms. The molecular weight excluding hydrogens is 471 g/mol. The standard InChI is InChI=1S/C22H30F3N5O3S/c1-14-26-19(29-33-14)12-20(31)27-16-4-2-15(3-5-16)6-9-30-10-7-17-18(8-11-30)34-21(28-17)32-13-22(23,24)25/h15-16H,2-13H2,1H3,(H,27,31)/t15-,16-. The third-order valence-corrected chi connectivity index (χ3v) is 7.46. The number of thiazole rings is 1. The van der Waals surface area contributed by atoms with Crippen LogP contribution >= 0.6 is 11.3 Å². The van der Waals surface area contributed by atoms with Gasteiger partial charge < -0.3 is 19.5 Å². The molecule has 0 atom stereocenters. The van der Waals surface area contributed by atoms with Crippen LogP contribution in [0.25, 0.3) is 0 Å². The number of carbonyl (C=O) groups is 1. The second-order valence-corrected chi connectivity index (χ2v) is 10.1. The number of aryl methyl sites for hydroxylation is 1. The fourth-order valence-electron chi connectivity index (χ4n) is 4.61. The van der Waals surface area contributed by atoms with Crippen LogP contribution < -0.4 is 10.1 Å². The molecule has 2 aromatic heterocycles. The molecule has 4 rings (SSSR count). The van der Waals surface area contributed by atoms with Crippen molar-refractivity contribution in [2.75, 3.05) is 26.2 Å². The highest BCUT2D eigenvalue weighted by molar-refractivity contribution is 7.13. The maximum Gasteiger partial charge on any atom is 0.422 e. The van der Waals surface area contributed by atoms with Crippen molar-refractivity contribution in [3.05, 3.63) is 22.3 Å². The Morgan fingerprint density at radius 1 is 1.21 bits per heavy atom. The summed E-state index contributed by atoms with van der Waals surface area (Å²) in [7, 11) is 0. The second kappa shape index (κ2) is 11.0. The van der Waals surface area contributed by atoms with Crippen LogP contribution in [0, 0.1) is 12.8 Å². The molecule has 1 amide bonds. The van der Waals surface area contributed by atoms with E-state index in [2.05, 4.69) is 25.3 Å². The predicted octanol–water partition coefficient (Wildman–Crippen LogP) is 3.48. The van der Waals surface area contributed by atoms with Crippen LogP contribution in [0.15, 0.2) is 4.52 Å². The van der Waals surface area contributed by atoms with Gasteiger partial charge in [0.15, 0.2) is 12.4 Å². The van der Waals surface area contributed by atoms with Crippen LogP contribution in [0.5, 0.6) is 5.19 Å². The average Bonchev–Trinajstić information content (AvgIpc) is 3.32. The van der Waals surface area contributed by atoms with Crippen molar-refractivity contribution in [3.63, 3.8) is 0 Å². The lowest BCUT2D eigenvalue weighted by molar-refractivity contribution is -0.153. The molecule has 8 nitrogen and oxygen atoms in total. The molecule has 2 aliphatic rings. The molecule has 1 saturated carbocycles. The topological polar surface area (TPSA) is 93.4 Å². The van der Waals surface area contributed by atoms with E-state index in [0.29, 0.717) is 17.6 Å². The highest BCUT2D eigenvalue weighted by Crippen LogP contribution is 2.31. The quantitative estimate of drug-likeness (QED) is 0.592. The zero-order chi connectivity index (χ0) is 24.1. The van der Waals surface area contributed by atoms with Crippen LogP contribution in [0.4, 0.5) is 13.2 Å². The summed E-state index contributed by atoms with van der Waals surface area (Å²) < 4.78 is 46.8. The molecule has 0 unspecified atom stereocenters.